The third-order valence-electron chi connectivity index (χ3n) is 4.05. The van der Waals surface area contributed by atoms with Crippen molar-refractivity contribution in [1.82, 2.24) is 4.57 Å². The molecular weight excluding hydrogens is 338 g/mol. The summed E-state index contributed by atoms with van der Waals surface area (Å²) in [6.07, 6.45) is 0. The molecule has 128 valence electrons. The molecule has 0 spiro atoms. The molecule has 1 aromatic carbocycles. The first-order chi connectivity index (χ1) is 12.0. The summed E-state index contributed by atoms with van der Waals surface area (Å²) >= 11 is 1.68. The Morgan fingerprint density at radius 1 is 1.24 bits per heavy atom. The highest BCUT2D eigenvalue weighted by Gasteiger charge is 2.16. The fourth-order valence-electron chi connectivity index (χ4n) is 2.70. The fraction of sp³-hybridized carbons (Fsp3) is 0.167. The van der Waals surface area contributed by atoms with Crippen LogP contribution in [0.15, 0.2) is 47.8 Å². The molecule has 2 heterocycles. The van der Waals surface area contributed by atoms with E-state index in [0.717, 1.165) is 17.9 Å². The van der Waals surface area contributed by atoms with Gasteiger partial charge in [-0.25, -0.2) is 0 Å². The summed E-state index contributed by atoms with van der Waals surface area (Å²) in [7, 11) is 0. The van der Waals surface area contributed by atoms with Crippen molar-refractivity contribution in [2.24, 2.45) is 0 Å². The maximum atomic E-state index is 12.6. The van der Waals surface area contributed by atoms with Crippen LogP contribution >= 0.6 is 11.3 Å². The maximum absolute atomic E-state index is 12.6. The lowest BCUT2D eigenvalue weighted by Crippen LogP contribution is -2.13. The van der Waals surface area contributed by atoms with Gasteiger partial charge in [0, 0.05) is 34.1 Å². The van der Waals surface area contributed by atoms with Crippen molar-refractivity contribution in [3.8, 4) is 0 Å². The van der Waals surface area contributed by atoms with Crippen molar-refractivity contribution in [2.75, 3.05) is 5.32 Å². The monoisotopic (exact) mass is 355 g/mol. The number of nitrogens with zero attached hydrogens (tertiary/aromatic N) is 2. The molecule has 0 saturated heterocycles. The molecule has 7 heteroatoms. The van der Waals surface area contributed by atoms with Crippen LogP contribution in [0.4, 0.5) is 11.4 Å². The van der Waals surface area contributed by atoms with Crippen LogP contribution in [0.1, 0.15) is 26.6 Å². The third kappa shape index (κ3) is 3.61. The molecule has 25 heavy (non-hydrogen) atoms. The molecule has 0 saturated carbocycles. The Labute approximate surface area is 148 Å². The third-order valence-corrected chi connectivity index (χ3v) is 4.91. The highest BCUT2D eigenvalue weighted by Crippen LogP contribution is 2.21. The van der Waals surface area contributed by atoms with E-state index in [1.807, 2.05) is 31.4 Å². The molecule has 0 fully saturated rings. The molecule has 1 N–H and O–H groups in total. The fourth-order valence-corrected chi connectivity index (χ4v) is 3.39. The molecule has 0 radical (unpaired) electrons. The molecule has 3 aromatic rings. The Balaban J connectivity index is 1.79. The van der Waals surface area contributed by atoms with Crippen molar-refractivity contribution in [3.05, 3.63) is 79.8 Å². The van der Waals surface area contributed by atoms with Gasteiger partial charge in [0.15, 0.2) is 0 Å². The van der Waals surface area contributed by atoms with Crippen molar-refractivity contribution in [3.63, 3.8) is 0 Å². The standard InChI is InChI=1S/C18H17N3O3S/c1-12-10-17(13(2)20(12)11-16-4-3-9-25-16)18(22)19-14-5-7-15(8-6-14)21(23)24/h3-10H,11H2,1-2H3,(H,19,22). The van der Waals surface area contributed by atoms with Gasteiger partial charge in [0.1, 0.15) is 0 Å². The molecule has 0 bridgehead atoms. The number of carbonyl (C=O) groups excluding carboxylic acids is 1. The summed E-state index contributed by atoms with van der Waals surface area (Å²) in [6, 6.07) is 11.7. The van der Waals surface area contributed by atoms with Crippen LogP contribution in [0, 0.1) is 24.0 Å². The Hall–Kier alpha value is -2.93. The Morgan fingerprint density at radius 3 is 2.56 bits per heavy atom. The van der Waals surface area contributed by atoms with Gasteiger partial charge in [0.05, 0.1) is 17.0 Å². The minimum absolute atomic E-state index is 0.00729. The molecular formula is C18H17N3O3S. The first kappa shape index (κ1) is 16.9. The number of nitro groups is 1. The Bertz CT molecular complexity index is 912. The average molecular weight is 355 g/mol. The number of hydrogen-bond acceptors (Lipinski definition) is 4. The van der Waals surface area contributed by atoms with Crippen LogP contribution in [0.25, 0.3) is 0 Å². The smallest absolute Gasteiger partial charge is 0.269 e. The van der Waals surface area contributed by atoms with E-state index < -0.39 is 4.92 Å². The van der Waals surface area contributed by atoms with Gasteiger partial charge in [-0.05, 0) is 43.5 Å². The predicted octanol–water partition coefficient (Wildman–Crippen LogP) is 4.38. The average Bonchev–Trinajstić information content (AvgIpc) is 3.19. The molecule has 0 aliphatic rings. The number of aromatic nitrogens is 1. The van der Waals surface area contributed by atoms with Gasteiger partial charge in [-0.1, -0.05) is 6.07 Å². The van der Waals surface area contributed by atoms with Gasteiger partial charge in [-0.15, -0.1) is 11.3 Å². The largest absolute Gasteiger partial charge is 0.343 e. The predicted molar refractivity (Wildman–Crippen MR) is 98.4 cm³/mol. The number of nitro benzene ring substituents is 1. The molecule has 0 aliphatic heterocycles. The van der Waals surface area contributed by atoms with Gasteiger partial charge in [0.25, 0.3) is 11.6 Å². The van der Waals surface area contributed by atoms with Gasteiger partial charge in [-0.3, -0.25) is 14.9 Å². The zero-order chi connectivity index (χ0) is 18.0. The van der Waals surface area contributed by atoms with Gasteiger partial charge in [0.2, 0.25) is 0 Å². The van der Waals surface area contributed by atoms with E-state index in [0.29, 0.717) is 11.3 Å². The highest BCUT2D eigenvalue weighted by molar-refractivity contribution is 7.09. The summed E-state index contributed by atoms with van der Waals surface area (Å²) in [5.41, 5.74) is 3.03. The molecule has 0 atom stereocenters. The van der Waals surface area contributed by atoms with Crippen LogP contribution in [-0.4, -0.2) is 15.4 Å². The molecule has 6 nitrogen and oxygen atoms in total. The number of rotatable bonds is 5. The number of amides is 1. The lowest BCUT2D eigenvalue weighted by atomic mass is 10.2. The minimum Gasteiger partial charge on any atom is -0.343 e. The molecule has 0 unspecified atom stereocenters. The number of hydrogen-bond donors (Lipinski definition) is 1. The topological polar surface area (TPSA) is 77.2 Å². The SMILES string of the molecule is Cc1cc(C(=O)Nc2ccc([N+](=O)[O-])cc2)c(C)n1Cc1cccs1. The Morgan fingerprint density at radius 2 is 1.96 bits per heavy atom. The number of thiophene rings is 1. The van der Waals surface area contributed by atoms with E-state index in [-0.39, 0.29) is 11.6 Å². The number of carbonyl (C=O) groups is 1. The summed E-state index contributed by atoms with van der Waals surface area (Å²) < 4.78 is 2.11. The number of non-ortho nitro benzene ring substituents is 1. The zero-order valence-corrected chi connectivity index (χ0v) is 14.7. The molecule has 0 aliphatic carbocycles. The maximum Gasteiger partial charge on any atom is 0.269 e. The van der Waals surface area contributed by atoms with E-state index in [4.69, 9.17) is 0 Å². The second-order valence-electron chi connectivity index (χ2n) is 5.71. The minimum atomic E-state index is -0.468. The summed E-state index contributed by atoms with van der Waals surface area (Å²) in [5.74, 6) is -0.223. The van der Waals surface area contributed by atoms with Crippen LogP contribution in [-0.2, 0) is 6.54 Å². The first-order valence-corrected chi connectivity index (χ1v) is 8.58. The lowest BCUT2D eigenvalue weighted by molar-refractivity contribution is -0.384. The number of aryl methyl sites for hydroxylation is 1. The zero-order valence-electron chi connectivity index (χ0n) is 13.9. The van der Waals surface area contributed by atoms with E-state index in [2.05, 4.69) is 16.0 Å². The first-order valence-electron chi connectivity index (χ1n) is 7.70. The summed E-state index contributed by atoms with van der Waals surface area (Å²) in [4.78, 5) is 24.0. The Kier molecular flexibility index (Phi) is 4.67. The van der Waals surface area contributed by atoms with E-state index >= 15 is 0 Å². The van der Waals surface area contributed by atoms with Crippen LogP contribution in [0.5, 0.6) is 0 Å². The number of nitrogens with one attached hydrogen (secondary N) is 1. The second-order valence-corrected chi connectivity index (χ2v) is 6.74. The second kappa shape index (κ2) is 6.90. The van der Waals surface area contributed by atoms with E-state index in [1.54, 1.807) is 11.3 Å². The van der Waals surface area contributed by atoms with Crippen molar-refractivity contribution >= 4 is 28.6 Å². The van der Waals surface area contributed by atoms with Crippen molar-refractivity contribution in [2.45, 2.75) is 20.4 Å². The lowest BCUT2D eigenvalue weighted by Gasteiger charge is -2.09. The van der Waals surface area contributed by atoms with Gasteiger partial charge < -0.3 is 9.88 Å². The van der Waals surface area contributed by atoms with Gasteiger partial charge in [-0.2, -0.15) is 0 Å². The highest BCUT2D eigenvalue weighted by atomic mass is 32.1. The normalized spacial score (nSPS) is 10.6. The molecule has 2 aromatic heterocycles. The summed E-state index contributed by atoms with van der Waals surface area (Å²) in [5, 5.41) is 15.5. The van der Waals surface area contributed by atoms with Crippen LogP contribution in [0.2, 0.25) is 0 Å². The molecule has 1 amide bonds. The summed E-state index contributed by atoms with van der Waals surface area (Å²) in [6.45, 7) is 4.63. The molecule has 3 rings (SSSR count). The van der Waals surface area contributed by atoms with E-state index in [1.165, 1.54) is 29.1 Å². The number of benzene rings is 1. The van der Waals surface area contributed by atoms with Crippen molar-refractivity contribution < 1.29 is 9.72 Å². The van der Waals surface area contributed by atoms with Gasteiger partial charge >= 0.3 is 0 Å². The van der Waals surface area contributed by atoms with Crippen LogP contribution in [0.3, 0.4) is 0 Å². The van der Waals surface area contributed by atoms with E-state index in [9.17, 15) is 14.9 Å². The van der Waals surface area contributed by atoms with Crippen LogP contribution < -0.4 is 5.32 Å². The van der Waals surface area contributed by atoms with Crippen molar-refractivity contribution in [1.29, 1.82) is 0 Å². The number of anilines is 1. The quantitative estimate of drug-likeness (QED) is 0.545.